The first kappa shape index (κ1) is 43.8. The number of imide groups is 2. The molecular weight excluding hydrogens is 832 g/mol. The Balaban J connectivity index is 0.830. The molecule has 7 rings (SSSR count). The zero-order valence-corrected chi connectivity index (χ0v) is 34.6. The molecule has 0 bridgehead atoms. The average molecular weight is 874 g/mol. The van der Waals surface area contributed by atoms with Gasteiger partial charge in [0.2, 0.25) is 17.7 Å². The van der Waals surface area contributed by atoms with Gasteiger partial charge in [-0.1, -0.05) is 18.2 Å². The van der Waals surface area contributed by atoms with Gasteiger partial charge >= 0.3 is 6.18 Å². The molecule has 1 unspecified atom stereocenters. The summed E-state index contributed by atoms with van der Waals surface area (Å²) in [6.07, 6.45) is -3.29. The lowest BCUT2D eigenvalue weighted by atomic mass is 9.89. The summed E-state index contributed by atoms with van der Waals surface area (Å²) in [7, 11) is 0. The summed E-state index contributed by atoms with van der Waals surface area (Å²) in [4.78, 5) is 82.1. The highest BCUT2D eigenvalue weighted by atomic mass is 32.1. The number of rotatable bonds is 13. The van der Waals surface area contributed by atoms with Crippen molar-refractivity contribution in [3.63, 3.8) is 0 Å². The summed E-state index contributed by atoms with van der Waals surface area (Å²) in [6.45, 7) is 5.13. The first-order chi connectivity index (χ1) is 29.5. The number of nitriles is 1. The minimum Gasteiger partial charge on any atom is -0.382 e. The highest BCUT2D eigenvalue weighted by Crippen LogP contribution is 2.40. The number of anilines is 3. The maximum atomic E-state index is 13.7. The third-order valence-corrected chi connectivity index (χ3v) is 11.8. The predicted molar refractivity (Wildman–Crippen MR) is 221 cm³/mol. The number of nitrogens with zero attached hydrogens (tertiary/aromatic N) is 5. The number of nitrogens with one attached hydrogen (secondary N) is 2. The maximum Gasteiger partial charge on any atom is 0.417 e. The van der Waals surface area contributed by atoms with E-state index in [1.54, 1.807) is 41.8 Å². The van der Waals surface area contributed by atoms with Crippen molar-refractivity contribution >= 4 is 69.8 Å². The Kier molecular flexibility index (Phi) is 12.5. The van der Waals surface area contributed by atoms with Gasteiger partial charge in [-0.15, -0.1) is 0 Å². The van der Waals surface area contributed by atoms with E-state index >= 15 is 0 Å². The molecule has 0 radical (unpaired) electrons. The van der Waals surface area contributed by atoms with Crippen LogP contribution in [0.4, 0.5) is 30.2 Å². The standard InChI is InChI=1S/C43H42F3N7O8S/c1-42(2)40(59)51(29-11-8-27(23-47)31(22-29)43(44,45)46)41(62)53(42)28-9-6-25(7-10-28)26-14-17-50(18-15-26)35(55)24-61-21-20-60-19-16-48-32-5-3-4-30-36(32)39(58)52(38(30)57)33-12-13-34(54)49-37(33)56/h3-11,22,26,33,48H,12-21,24H2,1-2H3,(H,49,54,56). The van der Waals surface area contributed by atoms with E-state index in [1.807, 2.05) is 24.3 Å². The molecule has 4 aliphatic rings. The molecule has 1 atom stereocenters. The van der Waals surface area contributed by atoms with Crippen LogP contribution in [0.25, 0.3) is 0 Å². The van der Waals surface area contributed by atoms with Gasteiger partial charge in [-0.05, 0) is 99.3 Å². The molecule has 3 aromatic carbocycles. The Morgan fingerprint density at radius 2 is 1.63 bits per heavy atom. The van der Waals surface area contributed by atoms with Crippen molar-refractivity contribution in [2.24, 2.45) is 0 Å². The molecule has 3 saturated heterocycles. The molecule has 2 N–H and O–H groups in total. The topological polar surface area (TPSA) is 182 Å². The lowest BCUT2D eigenvalue weighted by Gasteiger charge is -2.33. The van der Waals surface area contributed by atoms with Gasteiger partial charge in [0.15, 0.2) is 5.11 Å². The third-order valence-electron chi connectivity index (χ3n) is 11.5. The van der Waals surface area contributed by atoms with Crippen molar-refractivity contribution in [3.8, 4) is 6.07 Å². The molecule has 19 heteroatoms. The van der Waals surface area contributed by atoms with Crippen LogP contribution in [-0.2, 0) is 34.8 Å². The molecule has 0 saturated carbocycles. The Hall–Kier alpha value is -6.23. The average Bonchev–Trinajstić information content (AvgIpc) is 3.60. The second-order valence-electron chi connectivity index (χ2n) is 15.7. The van der Waals surface area contributed by atoms with E-state index in [4.69, 9.17) is 21.7 Å². The summed E-state index contributed by atoms with van der Waals surface area (Å²) < 4.78 is 52.4. The molecule has 6 amide bonds. The van der Waals surface area contributed by atoms with Crippen LogP contribution >= 0.6 is 12.2 Å². The molecular formula is C43H42F3N7O8S. The molecule has 62 heavy (non-hydrogen) atoms. The van der Waals surface area contributed by atoms with Gasteiger partial charge in [-0.3, -0.25) is 43.9 Å². The van der Waals surface area contributed by atoms with Crippen molar-refractivity contribution in [3.05, 3.63) is 88.5 Å². The van der Waals surface area contributed by atoms with Crippen LogP contribution in [0.15, 0.2) is 60.7 Å². The van der Waals surface area contributed by atoms with Crippen LogP contribution in [0.3, 0.4) is 0 Å². The molecule has 4 heterocycles. The van der Waals surface area contributed by atoms with Crippen LogP contribution in [0.1, 0.15) is 82.9 Å². The molecule has 3 aromatic rings. The molecule has 0 aliphatic carbocycles. The smallest absolute Gasteiger partial charge is 0.382 e. The number of halogens is 3. The number of carbonyl (C=O) groups is 6. The lowest BCUT2D eigenvalue weighted by molar-refractivity contribution is -0.138. The summed E-state index contributed by atoms with van der Waals surface area (Å²) in [6, 6.07) is 15.9. The zero-order chi connectivity index (χ0) is 44.5. The summed E-state index contributed by atoms with van der Waals surface area (Å²) in [5.41, 5.74) is -0.652. The fourth-order valence-corrected chi connectivity index (χ4v) is 8.73. The summed E-state index contributed by atoms with van der Waals surface area (Å²) in [5.74, 6) is -2.83. The normalized spacial score (nSPS) is 19.3. The van der Waals surface area contributed by atoms with Crippen LogP contribution in [0.5, 0.6) is 0 Å². The first-order valence-electron chi connectivity index (χ1n) is 19.9. The zero-order valence-electron chi connectivity index (χ0n) is 33.8. The van der Waals surface area contributed by atoms with E-state index in [1.165, 1.54) is 12.1 Å². The van der Waals surface area contributed by atoms with Gasteiger partial charge < -0.3 is 24.6 Å². The molecule has 15 nitrogen and oxygen atoms in total. The van der Waals surface area contributed by atoms with Crippen molar-refractivity contribution in [1.29, 1.82) is 5.26 Å². The Morgan fingerprint density at radius 1 is 0.935 bits per heavy atom. The molecule has 324 valence electrons. The van der Waals surface area contributed by atoms with Crippen molar-refractivity contribution in [2.75, 3.05) is 61.2 Å². The fourth-order valence-electron chi connectivity index (χ4n) is 8.21. The van der Waals surface area contributed by atoms with Gasteiger partial charge in [0, 0.05) is 37.4 Å². The Bertz CT molecular complexity index is 2380. The van der Waals surface area contributed by atoms with Crippen molar-refractivity contribution < 1.29 is 51.4 Å². The molecule has 0 spiro atoms. The van der Waals surface area contributed by atoms with E-state index in [0.717, 1.165) is 27.5 Å². The Labute approximate surface area is 359 Å². The largest absolute Gasteiger partial charge is 0.417 e. The number of piperidine rings is 2. The van der Waals surface area contributed by atoms with E-state index in [-0.39, 0.29) is 73.0 Å². The lowest BCUT2D eigenvalue weighted by Crippen LogP contribution is -2.54. The van der Waals surface area contributed by atoms with Crippen LogP contribution in [0.2, 0.25) is 0 Å². The number of amides is 6. The van der Waals surface area contributed by atoms with Gasteiger partial charge in [0.05, 0.1) is 53.8 Å². The Morgan fingerprint density at radius 3 is 2.31 bits per heavy atom. The number of hydrogen-bond acceptors (Lipinski definition) is 11. The van der Waals surface area contributed by atoms with E-state index < -0.39 is 58.4 Å². The maximum absolute atomic E-state index is 13.7. The summed E-state index contributed by atoms with van der Waals surface area (Å²) in [5, 5.41) is 14.5. The minimum atomic E-state index is -4.80. The molecule has 4 aliphatic heterocycles. The van der Waals surface area contributed by atoms with E-state index in [2.05, 4.69) is 10.6 Å². The number of hydrogen-bond donors (Lipinski definition) is 2. The number of likely N-dealkylation sites (tertiary alicyclic amines) is 1. The van der Waals surface area contributed by atoms with Crippen LogP contribution in [0, 0.1) is 11.3 Å². The van der Waals surface area contributed by atoms with Crippen molar-refractivity contribution in [2.45, 2.75) is 63.2 Å². The number of fused-ring (bicyclic) bond motifs is 1. The van der Waals surface area contributed by atoms with Gasteiger partial charge in [-0.25, -0.2) is 0 Å². The SMILES string of the molecule is CC1(C)C(=O)N(c2ccc(C#N)c(C(F)(F)F)c2)C(=S)N1c1ccc(C2CCN(C(=O)COCCOCCNc3cccc4c3C(=O)N(C3CCC(=O)NC3=O)C4=O)CC2)cc1. The second kappa shape index (κ2) is 17.6. The van der Waals surface area contributed by atoms with E-state index in [9.17, 15) is 47.2 Å². The van der Waals surface area contributed by atoms with E-state index in [0.29, 0.717) is 43.9 Å². The quantitative estimate of drug-likeness (QED) is 0.137. The summed E-state index contributed by atoms with van der Waals surface area (Å²) >= 11 is 5.66. The first-order valence-corrected chi connectivity index (χ1v) is 20.4. The number of carbonyl (C=O) groups excluding carboxylic acids is 6. The van der Waals surface area contributed by atoms with Crippen LogP contribution in [-0.4, -0.2) is 108 Å². The molecule has 3 fully saturated rings. The third kappa shape index (κ3) is 8.49. The van der Waals surface area contributed by atoms with Crippen molar-refractivity contribution in [1.82, 2.24) is 15.1 Å². The monoisotopic (exact) mass is 873 g/mol. The fraction of sp³-hybridized carbons (Fsp3) is 0.395. The highest BCUT2D eigenvalue weighted by Gasteiger charge is 2.51. The number of alkyl halides is 3. The molecule has 0 aromatic heterocycles. The van der Waals surface area contributed by atoms with Gasteiger partial charge in [0.25, 0.3) is 17.7 Å². The predicted octanol–water partition coefficient (Wildman–Crippen LogP) is 4.75. The van der Waals surface area contributed by atoms with Gasteiger partial charge in [0.1, 0.15) is 18.2 Å². The highest BCUT2D eigenvalue weighted by molar-refractivity contribution is 7.81. The van der Waals surface area contributed by atoms with Gasteiger partial charge in [-0.2, -0.15) is 18.4 Å². The number of ether oxygens (including phenoxy) is 2. The second-order valence-corrected chi connectivity index (χ2v) is 16.0. The number of benzene rings is 3. The van der Waals surface area contributed by atoms with Crippen LogP contribution < -0.4 is 20.4 Å². The number of thiocarbonyl (C=S) groups is 1. The minimum absolute atomic E-state index is 0.00947.